The molecule has 0 fully saturated rings. The molecule has 0 heterocycles. The lowest BCUT2D eigenvalue weighted by Crippen LogP contribution is -2.32. The monoisotopic (exact) mass is 379 g/mol. The van der Waals surface area contributed by atoms with Crippen molar-refractivity contribution in [2.45, 2.75) is 51.5 Å². The van der Waals surface area contributed by atoms with Gasteiger partial charge in [0.15, 0.2) is 0 Å². The van der Waals surface area contributed by atoms with Gasteiger partial charge in [-0.2, -0.15) is 5.10 Å². The Bertz CT molecular complexity index is 745. The third kappa shape index (κ3) is 7.74. The molecule has 0 aliphatic rings. The van der Waals surface area contributed by atoms with Crippen LogP contribution < -0.4 is 10.7 Å². The van der Waals surface area contributed by atoms with Crippen LogP contribution in [0.25, 0.3) is 0 Å². The number of hydrogen-bond donors (Lipinski definition) is 2. The molecule has 2 rings (SSSR count). The zero-order chi connectivity index (χ0) is 20.0. The normalized spacial score (nSPS) is 11.9. The maximum absolute atomic E-state index is 12.5. The number of amides is 2. The average molecular weight is 380 g/mol. The molecule has 0 saturated heterocycles. The third-order valence-electron chi connectivity index (χ3n) is 4.40. The van der Waals surface area contributed by atoms with E-state index in [-0.39, 0.29) is 18.2 Å². The van der Waals surface area contributed by atoms with Crippen molar-refractivity contribution in [1.82, 2.24) is 10.7 Å². The number of benzene rings is 2. The van der Waals surface area contributed by atoms with Gasteiger partial charge in [-0.3, -0.25) is 9.59 Å². The number of hydrazone groups is 1. The highest BCUT2D eigenvalue weighted by Gasteiger charge is 2.19. The maximum atomic E-state index is 12.5. The molecule has 2 aromatic carbocycles. The Morgan fingerprint density at radius 1 is 0.964 bits per heavy atom. The zero-order valence-electron chi connectivity index (χ0n) is 16.4. The Balaban J connectivity index is 1.92. The summed E-state index contributed by atoms with van der Waals surface area (Å²) in [6.07, 6.45) is 7.39. The lowest BCUT2D eigenvalue weighted by molar-refractivity contribution is -0.121. The first-order valence-electron chi connectivity index (χ1n) is 9.92. The van der Waals surface area contributed by atoms with Gasteiger partial charge >= 0.3 is 0 Å². The van der Waals surface area contributed by atoms with E-state index in [1.54, 1.807) is 18.3 Å². The highest BCUT2D eigenvalue weighted by molar-refractivity contribution is 5.94. The minimum absolute atomic E-state index is 0.121. The van der Waals surface area contributed by atoms with Gasteiger partial charge in [0.05, 0.1) is 12.5 Å². The first kappa shape index (κ1) is 21.4. The molecular formula is C23H29N3O2. The predicted molar refractivity (Wildman–Crippen MR) is 113 cm³/mol. The SMILES string of the molecule is CCCCCCC=NNC(=O)CC(NC(=O)c1ccccc1)c1ccccc1. The van der Waals surface area contributed by atoms with Gasteiger partial charge in [0.25, 0.3) is 5.91 Å². The van der Waals surface area contributed by atoms with Crippen molar-refractivity contribution in [1.29, 1.82) is 0 Å². The van der Waals surface area contributed by atoms with Crippen molar-refractivity contribution in [3.8, 4) is 0 Å². The lowest BCUT2D eigenvalue weighted by Gasteiger charge is -2.18. The molecule has 2 N–H and O–H groups in total. The van der Waals surface area contributed by atoms with Crippen LogP contribution in [0.1, 0.15) is 67.4 Å². The van der Waals surface area contributed by atoms with Gasteiger partial charge in [-0.25, -0.2) is 5.43 Å². The van der Waals surface area contributed by atoms with Crippen LogP contribution >= 0.6 is 0 Å². The van der Waals surface area contributed by atoms with E-state index in [1.165, 1.54) is 19.3 Å². The third-order valence-corrected chi connectivity index (χ3v) is 4.40. The standard InChI is InChI=1S/C23H29N3O2/c1-2-3-4-5-12-17-24-26-22(27)18-21(19-13-8-6-9-14-19)25-23(28)20-15-10-7-11-16-20/h6-11,13-17,21H,2-5,12,18H2,1H3,(H,25,28)(H,26,27). The molecule has 0 aliphatic carbocycles. The lowest BCUT2D eigenvalue weighted by atomic mass is 10.0. The first-order valence-corrected chi connectivity index (χ1v) is 9.92. The van der Waals surface area contributed by atoms with E-state index in [4.69, 9.17) is 0 Å². The van der Waals surface area contributed by atoms with E-state index >= 15 is 0 Å². The van der Waals surface area contributed by atoms with Gasteiger partial charge < -0.3 is 5.32 Å². The van der Waals surface area contributed by atoms with Gasteiger partial charge in [-0.05, 0) is 30.5 Å². The largest absolute Gasteiger partial charge is 0.345 e. The molecule has 5 nitrogen and oxygen atoms in total. The topological polar surface area (TPSA) is 70.6 Å². The Morgan fingerprint density at radius 3 is 2.32 bits per heavy atom. The van der Waals surface area contributed by atoms with Crippen LogP contribution in [0.2, 0.25) is 0 Å². The minimum atomic E-state index is -0.423. The molecule has 0 aromatic heterocycles. The van der Waals surface area contributed by atoms with Crippen molar-refractivity contribution in [2.24, 2.45) is 5.10 Å². The molecule has 5 heteroatoms. The van der Waals surface area contributed by atoms with Crippen LogP contribution in [0.3, 0.4) is 0 Å². The second-order valence-corrected chi connectivity index (χ2v) is 6.70. The van der Waals surface area contributed by atoms with Crippen LogP contribution in [0.15, 0.2) is 65.8 Å². The van der Waals surface area contributed by atoms with Crippen LogP contribution in [0, 0.1) is 0 Å². The Hall–Kier alpha value is -2.95. The first-order chi connectivity index (χ1) is 13.7. The Morgan fingerprint density at radius 2 is 1.64 bits per heavy atom. The number of nitrogens with one attached hydrogen (secondary N) is 2. The number of hydrogen-bond acceptors (Lipinski definition) is 3. The molecular weight excluding hydrogens is 350 g/mol. The van der Waals surface area contributed by atoms with Crippen molar-refractivity contribution in [3.63, 3.8) is 0 Å². The van der Waals surface area contributed by atoms with Crippen molar-refractivity contribution in [3.05, 3.63) is 71.8 Å². The highest BCUT2D eigenvalue weighted by Crippen LogP contribution is 2.17. The van der Waals surface area contributed by atoms with E-state index in [0.717, 1.165) is 18.4 Å². The molecule has 28 heavy (non-hydrogen) atoms. The quantitative estimate of drug-likeness (QED) is 0.340. The molecule has 0 saturated carbocycles. The van der Waals surface area contributed by atoms with Crippen LogP contribution in [0.4, 0.5) is 0 Å². The summed E-state index contributed by atoms with van der Waals surface area (Å²) in [5.74, 6) is -0.436. The summed E-state index contributed by atoms with van der Waals surface area (Å²) in [4.78, 5) is 24.8. The second-order valence-electron chi connectivity index (χ2n) is 6.70. The number of carbonyl (C=O) groups excluding carboxylic acids is 2. The molecule has 2 aromatic rings. The summed E-state index contributed by atoms with van der Waals surface area (Å²) in [6, 6.07) is 18.1. The van der Waals surface area contributed by atoms with E-state index in [0.29, 0.717) is 5.56 Å². The van der Waals surface area contributed by atoms with E-state index < -0.39 is 6.04 Å². The van der Waals surface area contributed by atoms with Gasteiger partial charge in [0.2, 0.25) is 5.91 Å². The van der Waals surface area contributed by atoms with E-state index in [1.807, 2.05) is 48.5 Å². The minimum Gasteiger partial charge on any atom is -0.345 e. The summed E-state index contributed by atoms with van der Waals surface area (Å²) in [5, 5.41) is 6.97. The van der Waals surface area contributed by atoms with Crippen LogP contribution in [0.5, 0.6) is 0 Å². The number of rotatable bonds is 11. The number of carbonyl (C=O) groups is 2. The van der Waals surface area contributed by atoms with Crippen molar-refractivity contribution >= 4 is 18.0 Å². The van der Waals surface area contributed by atoms with E-state index in [9.17, 15) is 9.59 Å². The molecule has 0 bridgehead atoms. The fourth-order valence-corrected chi connectivity index (χ4v) is 2.84. The number of nitrogens with zero attached hydrogens (tertiary/aromatic N) is 1. The van der Waals surface area contributed by atoms with E-state index in [2.05, 4.69) is 22.8 Å². The molecule has 0 spiro atoms. The molecule has 148 valence electrons. The van der Waals surface area contributed by atoms with Gasteiger partial charge in [0.1, 0.15) is 0 Å². The molecule has 1 atom stereocenters. The molecule has 1 unspecified atom stereocenters. The highest BCUT2D eigenvalue weighted by atomic mass is 16.2. The number of unbranched alkanes of at least 4 members (excludes halogenated alkanes) is 4. The summed E-state index contributed by atoms with van der Waals surface area (Å²) in [5.41, 5.74) is 4.01. The predicted octanol–water partition coefficient (Wildman–Crippen LogP) is 4.62. The maximum Gasteiger partial charge on any atom is 0.251 e. The smallest absolute Gasteiger partial charge is 0.251 e. The van der Waals surface area contributed by atoms with Crippen molar-refractivity contribution in [2.75, 3.05) is 0 Å². The molecule has 0 radical (unpaired) electrons. The average Bonchev–Trinajstić information content (AvgIpc) is 2.74. The second kappa shape index (κ2) is 12.4. The van der Waals surface area contributed by atoms with Gasteiger partial charge in [0, 0.05) is 11.8 Å². The van der Waals surface area contributed by atoms with Crippen molar-refractivity contribution < 1.29 is 9.59 Å². The molecule has 2 amide bonds. The zero-order valence-corrected chi connectivity index (χ0v) is 16.4. The summed E-state index contributed by atoms with van der Waals surface area (Å²) < 4.78 is 0. The van der Waals surface area contributed by atoms with Crippen LogP contribution in [-0.4, -0.2) is 18.0 Å². The Kier molecular flexibility index (Phi) is 9.49. The Labute approximate surface area is 167 Å². The summed E-state index contributed by atoms with van der Waals surface area (Å²) in [6.45, 7) is 2.17. The molecule has 0 aliphatic heterocycles. The summed E-state index contributed by atoms with van der Waals surface area (Å²) in [7, 11) is 0. The fourth-order valence-electron chi connectivity index (χ4n) is 2.84. The van der Waals surface area contributed by atoms with Gasteiger partial charge in [-0.1, -0.05) is 74.7 Å². The van der Waals surface area contributed by atoms with Gasteiger partial charge in [-0.15, -0.1) is 0 Å². The fraction of sp³-hybridized carbons (Fsp3) is 0.348. The van der Waals surface area contributed by atoms with Crippen LogP contribution in [-0.2, 0) is 4.79 Å². The summed E-state index contributed by atoms with van der Waals surface area (Å²) >= 11 is 0.